The van der Waals surface area contributed by atoms with Crippen molar-refractivity contribution >= 4 is 38.9 Å². The number of allylic oxidation sites excluding steroid dienone is 4. The summed E-state index contributed by atoms with van der Waals surface area (Å²) in [5, 5.41) is 10.8. The second-order valence-corrected chi connectivity index (χ2v) is 10.1. The van der Waals surface area contributed by atoms with Gasteiger partial charge in [-0.25, -0.2) is 4.98 Å². The van der Waals surface area contributed by atoms with Crippen LogP contribution in [-0.2, 0) is 4.74 Å². The molecule has 2 aromatic carbocycles. The van der Waals surface area contributed by atoms with Crippen LogP contribution in [0.2, 0.25) is 0 Å². The first-order chi connectivity index (χ1) is 17.7. The summed E-state index contributed by atoms with van der Waals surface area (Å²) in [6.45, 7) is 9.60. The number of aromatic nitrogens is 1. The number of benzene rings is 2. The number of ether oxygens (including phenoxy) is 1. The van der Waals surface area contributed by atoms with Gasteiger partial charge in [0.2, 0.25) is 0 Å². The van der Waals surface area contributed by atoms with Crippen LogP contribution in [0.5, 0.6) is 0 Å². The highest BCUT2D eigenvalue weighted by Crippen LogP contribution is 2.38. The molecule has 0 saturated carbocycles. The van der Waals surface area contributed by atoms with Crippen LogP contribution in [0.3, 0.4) is 0 Å². The van der Waals surface area contributed by atoms with Crippen molar-refractivity contribution in [3.05, 3.63) is 82.0 Å². The molecule has 0 N–H and O–H groups in total. The fraction of sp³-hybridized carbons (Fsp3) is 0.333. The van der Waals surface area contributed by atoms with E-state index in [-0.39, 0.29) is 0 Å². The Morgan fingerprint density at radius 1 is 1.08 bits per heavy atom. The van der Waals surface area contributed by atoms with E-state index in [1.807, 2.05) is 18.2 Å². The van der Waals surface area contributed by atoms with E-state index < -0.39 is 0 Å². The van der Waals surface area contributed by atoms with Crippen molar-refractivity contribution in [3.8, 4) is 6.07 Å². The monoisotopic (exact) mass is 496 g/mol. The number of hydrogen-bond acceptors (Lipinski definition) is 6. The third-order valence-corrected chi connectivity index (χ3v) is 7.99. The molecule has 3 aromatic rings. The standard InChI is InChI=1S/C30H32N4OS/c1-3-33(4-2)26-13-9-22(10-14-26)19-23-11-12-24(29(23)34-15-17-35-18-16-34)20-25(21-31)30-32-27-7-5-6-8-28(27)36-30/h5-10,13-14,19-20H,3-4,11-12,15-18H2,1-2H3/b23-19+,25-20+. The first-order valence-electron chi connectivity index (χ1n) is 12.8. The molecule has 0 bridgehead atoms. The normalized spacial score (nSPS) is 17.8. The van der Waals surface area contributed by atoms with E-state index >= 15 is 0 Å². The minimum atomic E-state index is 0.641. The quantitative estimate of drug-likeness (QED) is 0.349. The number of thiazole rings is 1. The molecule has 1 aromatic heterocycles. The molecule has 5 rings (SSSR count). The highest BCUT2D eigenvalue weighted by atomic mass is 32.1. The van der Waals surface area contributed by atoms with Gasteiger partial charge in [-0.1, -0.05) is 24.3 Å². The summed E-state index contributed by atoms with van der Waals surface area (Å²) >= 11 is 1.58. The average molecular weight is 497 g/mol. The van der Waals surface area contributed by atoms with Gasteiger partial charge in [0.15, 0.2) is 0 Å². The molecule has 1 fully saturated rings. The van der Waals surface area contributed by atoms with E-state index in [1.165, 1.54) is 28.1 Å². The van der Waals surface area contributed by atoms with Crippen molar-refractivity contribution in [2.75, 3.05) is 44.3 Å². The Balaban J connectivity index is 1.52. The fourth-order valence-corrected chi connectivity index (χ4v) is 5.99. The number of fused-ring (bicyclic) bond motifs is 1. The summed E-state index contributed by atoms with van der Waals surface area (Å²) in [5.74, 6) is 0. The first kappa shape index (κ1) is 24.3. The van der Waals surface area contributed by atoms with E-state index in [9.17, 15) is 5.26 Å². The number of morpholine rings is 1. The van der Waals surface area contributed by atoms with Gasteiger partial charge in [-0.05, 0) is 79.8 Å². The van der Waals surface area contributed by atoms with Crippen LogP contribution < -0.4 is 4.90 Å². The maximum atomic E-state index is 10.0. The van der Waals surface area contributed by atoms with Gasteiger partial charge in [-0.3, -0.25) is 0 Å². The number of rotatable bonds is 7. The lowest BCUT2D eigenvalue weighted by molar-refractivity contribution is 0.0547. The maximum absolute atomic E-state index is 10.0. The smallest absolute Gasteiger partial charge is 0.135 e. The minimum absolute atomic E-state index is 0.641. The molecule has 0 unspecified atom stereocenters. The summed E-state index contributed by atoms with van der Waals surface area (Å²) in [4.78, 5) is 9.54. The summed E-state index contributed by atoms with van der Waals surface area (Å²) < 4.78 is 6.75. The largest absolute Gasteiger partial charge is 0.378 e. The molecule has 0 amide bonds. The molecule has 2 heterocycles. The summed E-state index contributed by atoms with van der Waals surface area (Å²) in [5.41, 5.74) is 7.88. The van der Waals surface area contributed by atoms with Gasteiger partial charge in [0.25, 0.3) is 0 Å². The predicted molar refractivity (Wildman–Crippen MR) is 150 cm³/mol. The Morgan fingerprint density at radius 3 is 2.53 bits per heavy atom. The molecule has 0 atom stereocenters. The number of anilines is 1. The van der Waals surface area contributed by atoms with Gasteiger partial charge in [0.1, 0.15) is 11.1 Å². The van der Waals surface area contributed by atoms with E-state index in [2.05, 4.69) is 72.2 Å². The van der Waals surface area contributed by atoms with Gasteiger partial charge in [-0.15, -0.1) is 11.3 Å². The maximum Gasteiger partial charge on any atom is 0.135 e. The van der Waals surface area contributed by atoms with Crippen LogP contribution in [-0.4, -0.2) is 49.3 Å². The minimum Gasteiger partial charge on any atom is -0.378 e. The lowest BCUT2D eigenvalue weighted by Gasteiger charge is -2.31. The van der Waals surface area contributed by atoms with Crippen molar-refractivity contribution in [2.24, 2.45) is 0 Å². The first-order valence-corrected chi connectivity index (χ1v) is 13.6. The molecule has 0 radical (unpaired) electrons. The average Bonchev–Trinajstić information content (AvgIpc) is 3.53. The summed E-state index contributed by atoms with van der Waals surface area (Å²) in [6.07, 6.45) is 6.29. The molecule has 184 valence electrons. The molecule has 5 nitrogen and oxygen atoms in total. The second-order valence-electron chi connectivity index (χ2n) is 9.06. The Morgan fingerprint density at radius 2 is 1.83 bits per heavy atom. The van der Waals surface area contributed by atoms with Crippen molar-refractivity contribution in [1.29, 1.82) is 5.26 Å². The zero-order chi connectivity index (χ0) is 24.9. The molecular formula is C30H32N4OS. The summed E-state index contributed by atoms with van der Waals surface area (Å²) in [6, 6.07) is 19.4. The van der Waals surface area contributed by atoms with Gasteiger partial charge in [0, 0.05) is 37.6 Å². The van der Waals surface area contributed by atoms with Crippen LogP contribution in [0.15, 0.2) is 71.5 Å². The number of para-hydroxylation sites is 1. The molecule has 1 saturated heterocycles. The lowest BCUT2D eigenvalue weighted by Crippen LogP contribution is -2.36. The van der Waals surface area contributed by atoms with Crippen LogP contribution in [0, 0.1) is 11.3 Å². The molecular weight excluding hydrogens is 464 g/mol. The fourth-order valence-electron chi connectivity index (χ4n) is 5.06. The number of hydrogen-bond donors (Lipinski definition) is 0. The highest BCUT2D eigenvalue weighted by molar-refractivity contribution is 7.19. The Kier molecular flexibility index (Phi) is 7.50. The molecule has 1 aliphatic carbocycles. The van der Waals surface area contributed by atoms with Crippen LogP contribution >= 0.6 is 11.3 Å². The molecule has 36 heavy (non-hydrogen) atoms. The highest BCUT2D eigenvalue weighted by Gasteiger charge is 2.26. The molecule has 2 aliphatic rings. The van der Waals surface area contributed by atoms with Gasteiger partial charge in [-0.2, -0.15) is 5.26 Å². The Hall–Kier alpha value is -3.40. The van der Waals surface area contributed by atoms with E-state index in [1.54, 1.807) is 11.3 Å². The topological polar surface area (TPSA) is 52.4 Å². The number of nitrogens with zero attached hydrogens (tertiary/aromatic N) is 4. The zero-order valence-corrected chi connectivity index (χ0v) is 21.9. The Bertz CT molecular complexity index is 1320. The van der Waals surface area contributed by atoms with Crippen LogP contribution in [0.25, 0.3) is 21.9 Å². The third-order valence-electron chi connectivity index (χ3n) is 6.93. The van der Waals surface area contributed by atoms with Crippen molar-refractivity contribution in [2.45, 2.75) is 26.7 Å². The van der Waals surface area contributed by atoms with Gasteiger partial charge >= 0.3 is 0 Å². The van der Waals surface area contributed by atoms with E-state index in [0.717, 1.165) is 67.5 Å². The molecule has 6 heteroatoms. The summed E-state index contributed by atoms with van der Waals surface area (Å²) in [7, 11) is 0. The van der Waals surface area contributed by atoms with E-state index in [0.29, 0.717) is 5.57 Å². The second kappa shape index (κ2) is 11.1. The van der Waals surface area contributed by atoms with Crippen molar-refractivity contribution in [3.63, 3.8) is 0 Å². The molecule has 0 spiro atoms. The van der Waals surface area contributed by atoms with Crippen LogP contribution in [0.1, 0.15) is 37.3 Å². The van der Waals surface area contributed by atoms with E-state index in [4.69, 9.17) is 9.72 Å². The number of nitriles is 1. The zero-order valence-electron chi connectivity index (χ0n) is 21.0. The predicted octanol–water partition coefficient (Wildman–Crippen LogP) is 6.51. The van der Waals surface area contributed by atoms with Crippen molar-refractivity contribution in [1.82, 2.24) is 9.88 Å². The Labute approximate surface area is 217 Å². The lowest BCUT2D eigenvalue weighted by atomic mass is 10.1. The van der Waals surface area contributed by atoms with Crippen molar-refractivity contribution < 1.29 is 4.74 Å². The van der Waals surface area contributed by atoms with Gasteiger partial charge in [0.05, 0.1) is 29.0 Å². The third kappa shape index (κ3) is 5.09. The SMILES string of the molecule is CCN(CC)c1ccc(/C=C2\CCC(/C=C(\C#N)c3nc4ccccc4s3)=C2N2CCOCC2)cc1. The molecule has 1 aliphatic heterocycles. The van der Waals surface area contributed by atoms with Gasteiger partial charge < -0.3 is 14.5 Å². The van der Waals surface area contributed by atoms with Crippen LogP contribution in [0.4, 0.5) is 5.69 Å².